The summed E-state index contributed by atoms with van der Waals surface area (Å²) in [6, 6.07) is 23.6. The van der Waals surface area contributed by atoms with Crippen molar-refractivity contribution in [3.8, 4) is 11.5 Å². The summed E-state index contributed by atoms with van der Waals surface area (Å²) in [5.74, 6) is 3.02. The van der Waals surface area contributed by atoms with Crippen LogP contribution in [0.5, 0.6) is 11.5 Å². The standard InChI is InChI=1S/C43H49N13O2S3/c1-8-13-22-59-43-47-41(44-37-23-27(55(9-2)10-3)14-18-35(37)49-51-39-31-25-29(57-6)16-20-33(31)53-60-39)46-42(48-43)45-38-24-28(56(11-4)12-5)15-19-36(38)50-52-40-32-26-30(58-7)17-21-34(32)54-61-40/h14-21,23-26H,8-13,22H2,1-7H3,(H2,44,45,46,47,48)/b51-49+,52-50+. The summed E-state index contributed by atoms with van der Waals surface area (Å²) in [5.41, 5.74) is 6.31. The van der Waals surface area contributed by atoms with Gasteiger partial charge in [-0.2, -0.15) is 23.7 Å². The molecule has 3 heterocycles. The van der Waals surface area contributed by atoms with Crippen molar-refractivity contribution in [3.05, 3.63) is 72.8 Å². The molecule has 7 aromatic rings. The lowest BCUT2D eigenvalue weighted by atomic mass is 10.2. The van der Waals surface area contributed by atoms with Crippen LogP contribution in [-0.2, 0) is 0 Å². The van der Waals surface area contributed by atoms with Gasteiger partial charge in [-0.1, -0.05) is 25.1 Å². The first-order valence-corrected chi connectivity index (χ1v) is 22.8. The number of benzene rings is 4. The number of hydrogen-bond donors (Lipinski definition) is 2. The molecule has 61 heavy (non-hydrogen) atoms. The molecule has 15 nitrogen and oxygen atoms in total. The molecule has 0 bridgehead atoms. The van der Waals surface area contributed by atoms with Crippen molar-refractivity contribution in [2.45, 2.75) is 52.6 Å². The lowest BCUT2D eigenvalue weighted by molar-refractivity contribution is 0.415. The predicted octanol–water partition coefficient (Wildman–Crippen LogP) is 13.0. The zero-order chi connectivity index (χ0) is 42.7. The molecule has 0 aliphatic rings. The van der Waals surface area contributed by atoms with E-state index < -0.39 is 0 Å². The molecule has 0 radical (unpaired) electrons. The van der Waals surface area contributed by atoms with Crippen LogP contribution in [0.3, 0.4) is 0 Å². The third-order valence-electron chi connectivity index (χ3n) is 9.88. The first-order chi connectivity index (χ1) is 29.9. The maximum absolute atomic E-state index is 5.47. The van der Waals surface area contributed by atoms with Crippen LogP contribution in [0.1, 0.15) is 47.5 Å². The predicted molar refractivity (Wildman–Crippen MR) is 253 cm³/mol. The van der Waals surface area contributed by atoms with Gasteiger partial charge in [0.1, 0.15) is 22.9 Å². The van der Waals surface area contributed by atoms with Crippen molar-refractivity contribution >= 4 is 113 Å². The number of anilines is 6. The third-order valence-corrected chi connectivity index (χ3v) is 12.3. The van der Waals surface area contributed by atoms with Crippen LogP contribution in [0.4, 0.5) is 56.0 Å². The van der Waals surface area contributed by atoms with Crippen LogP contribution in [-0.4, -0.2) is 69.9 Å². The lowest BCUT2D eigenvalue weighted by Crippen LogP contribution is -2.21. The minimum absolute atomic E-state index is 0.353. The first-order valence-electron chi connectivity index (χ1n) is 20.3. The smallest absolute Gasteiger partial charge is 0.233 e. The van der Waals surface area contributed by atoms with E-state index in [0.29, 0.717) is 49.8 Å². The number of aromatic nitrogens is 5. The van der Waals surface area contributed by atoms with Gasteiger partial charge in [0.25, 0.3) is 0 Å². The minimum atomic E-state index is 0.353. The van der Waals surface area contributed by atoms with Gasteiger partial charge in [-0.15, -0.1) is 20.5 Å². The number of unbranched alkanes of at least 4 members (excludes halogenated alkanes) is 1. The van der Waals surface area contributed by atoms with Gasteiger partial charge in [0.2, 0.25) is 11.9 Å². The zero-order valence-corrected chi connectivity index (χ0v) is 37.8. The summed E-state index contributed by atoms with van der Waals surface area (Å²) in [4.78, 5) is 19.3. The number of azo groups is 2. The average molecular weight is 876 g/mol. The highest BCUT2D eigenvalue weighted by Crippen LogP contribution is 2.40. The molecule has 0 aliphatic heterocycles. The second-order valence-electron chi connectivity index (χ2n) is 13.6. The van der Waals surface area contributed by atoms with Gasteiger partial charge in [-0.05, 0) is 130 Å². The highest BCUT2D eigenvalue weighted by molar-refractivity contribution is 7.99. The second kappa shape index (κ2) is 20.5. The normalized spacial score (nSPS) is 11.6. The van der Waals surface area contributed by atoms with E-state index in [1.54, 1.807) is 26.0 Å². The topological polar surface area (TPSA) is 163 Å². The summed E-state index contributed by atoms with van der Waals surface area (Å²) >= 11 is 4.16. The highest BCUT2D eigenvalue weighted by atomic mass is 32.2. The molecule has 316 valence electrons. The number of thioether (sulfide) groups is 1. The Hall–Kier alpha value is -5.98. The molecular weight excluding hydrogens is 827 g/mol. The number of methoxy groups -OCH3 is 2. The van der Waals surface area contributed by atoms with E-state index in [1.165, 1.54) is 23.1 Å². The van der Waals surface area contributed by atoms with E-state index in [4.69, 9.17) is 34.7 Å². The molecule has 0 saturated heterocycles. The molecule has 0 spiro atoms. The van der Waals surface area contributed by atoms with E-state index in [9.17, 15) is 0 Å². The van der Waals surface area contributed by atoms with Crippen LogP contribution in [0.15, 0.2) is 98.4 Å². The highest BCUT2D eigenvalue weighted by Gasteiger charge is 2.16. The van der Waals surface area contributed by atoms with Gasteiger partial charge in [0.05, 0.1) is 36.6 Å². The van der Waals surface area contributed by atoms with Crippen LogP contribution in [0.2, 0.25) is 0 Å². The van der Waals surface area contributed by atoms with Crippen LogP contribution < -0.4 is 29.9 Å². The summed E-state index contributed by atoms with van der Waals surface area (Å²) in [6.07, 6.45) is 2.07. The summed E-state index contributed by atoms with van der Waals surface area (Å²) in [6.45, 7) is 14.1. The summed E-state index contributed by atoms with van der Waals surface area (Å²) < 4.78 is 20.1. The molecule has 0 unspecified atom stereocenters. The van der Waals surface area contributed by atoms with Gasteiger partial charge in [0.15, 0.2) is 15.2 Å². The Morgan fingerprint density at radius 3 is 1.49 bits per heavy atom. The first kappa shape index (κ1) is 43.1. The second-order valence-corrected chi connectivity index (χ2v) is 16.2. The van der Waals surface area contributed by atoms with Crippen LogP contribution in [0.25, 0.3) is 21.8 Å². The van der Waals surface area contributed by atoms with E-state index in [0.717, 1.165) is 89.5 Å². The van der Waals surface area contributed by atoms with Crippen molar-refractivity contribution < 1.29 is 9.47 Å². The molecule has 0 amide bonds. The molecular formula is C43H49N13O2S3. The van der Waals surface area contributed by atoms with E-state index in [1.807, 2.05) is 48.5 Å². The Balaban J connectivity index is 1.27. The number of fused-ring (bicyclic) bond motifs is 2. The molecule has 4 aromatic carbocycles. The maximum Gasteiger partial charge on any atom is 0.233 e. The van der Waals surface area contributed by atoms with Crippen LogP contribution in [0, 0.1) is 0 Å². The Morgan fingerprint density at radius 1 is 0.590 bits per heavy atom. The largest absolute Gasteiger partial charge is 0.497 e. The van der Waals surface area contributed by atoms with Gasteiger partial charge in [-0.3, -0.25) is 0 Å². The molecule has 2 N–H and O–H groups in total. The quantitative estimate of drug-likeness (QED) is 0.0424. The van der Waals surface area contributed by atoms with E-state index in [2.05, 4.69) is 98.3 Å². The molecule has 3 aromatic heterocycles. The Labute approximate surface area is 368 Å². The van der Waals surface area contributed by atoms with Crippen molar-refractivity contribution in [2.75, 3.05) is 66.6 Å². The van der Waals surface area contributed by atoms with E-state index in [-0.39, 0.29) is 0 Å². The zero-order valence-electron chi connectivity index (χ0n) is 35.3. The minimum Gasteiger partial charge on any atom is -0.497 e. The van der Waals surface area contributed by atoms with Gasteiger partial charge in [-0.25, -0.2) is 0 Å². The number of ether oxygens (including phenoxy) is 2. The van der Waals surface area contributed by atoms with Gasteiger partial charge < -0.3 is 29.9 Å². The monoisotopic (exact) mass is 875 g/mol. The number of rotatable bonds is 20. The number of nitrogens with one attached hydrogen (secondary N) is 2. The van der Waals surface area contributed by atoms with Crippen LogP contribution >= 0.6 is 34.8 Å². The maximum atomic E-state index is 5.47. The molecule has 0 atom stereocenters. The Kier molecular flexibility index (Phi) is 14.5. The van der Waals surface area contributed by atoms with Crippen molar-refractivity contribution in [3.63, 3.8) is 0 Å². The third kappa shape index (κ3) is 10.3. The van der Waals surface area contributed by atoms with E-state index >= 15 is 0 Å². The van der Waals surface area contributed by atoms with Gasteiger partial charge >= 0.3 is 0 Å². The molecule has 0 aliphatic carbocycles. The van der Waals surface area contributed by atoms with Gasteiger partial charge in [0, 0.05) is 54.1 Å². The molecule has 7 rings (SSSR count). The summed E-state index contributed by atoms with van der Waals surface area (Å²) in [5, 5.41) is 29.5. The number of hydrogen-bond acceptors (Lipinski definition) is 18. The SMILES string of the molecule is CCCCSc1nc(Nc2cc(N(CC)CC)ccc2/N=N/c2snc3ccc(OC)cc23)nc(Nc2cc(N(CC)CC)ccc2/N=N/c2snc3ccc(OC)cc23)n1. The summed E-state index contributed by atoms with van der Waals surface area (Å²) in [7, 11) is 3.29. The lowest BCUT2D eigenvalue weighted by Gasteiger charge is -2.22. The number of nitrogens with zero attached hydrogens (tertiary/aromatic N) is 11. The Bertz CT molecular complexity index is 2470. The average Bonchev–Trinajstić information content (AvgIpc) is 3.89. The van der Waals surface area contributed by atoms with Crippen molar-refractivity contribution in [2.24, 2.45) is 20.5 Å². The Morgan fingerprint density at radius 2 is 1.07 bits per heavy atom. The molecule has 0 fully saturated rings. The molecule has 0 saturated carbocycles. The molecule has 18 heteroatoms. The fourth-order valence-electron chi connectivity index (χ4n) is 6.49. The van der Waals surface area contributed by atoms with Crippen molar-refractivity contribution in [1.29, 1.82) is 0 Å². The fourth-order valence-corrected chi connectivity index (χ4v) is 8.77. The fraction of sp³-hybridized carbons (Fsp3) is 0.326. The van der Waals surface area contributed by atoms with Crippen molar-refractivity contribution in [1.82, 2.24) is 23.7 Å².